The lowest BCUT2D eigenvalue weighted by Gasteiger charge is -2.11. The van der Waals surface area contributed by atoms with E-state index in [1.807, 2.05) is 0 Å². The fourth-order valence-corrected chi connectivity index (χ4v) is 1.67. The summed E-state index contributed by atoms with van der Waals surface area (Å²) in [5.74, 6) is 0.239. The van der Waals surface area contributed by atoms with Crippen molar-refractivity contribution in [1.82, 2.24) is 5.32 Å². The lowest BCUT2D eigenvalue weighted by Crippen LogP contribution is -2.34. The van der Waals surface area contributed by atoms with Gasteiger partial charge in [-0.05, 0) is 26.3 Å². The van der Waals surface area contributed by atoms with Crippen LogP contribution in [-0.4, -0.2) is 31.7 Å². The van der Waals surface area contributed by atoms with Crippen molar-refractivity contribution < 1.29 is 23.5 Å². The molecule has 1 N–H and O–H groups in total. The predicted octanol–water partition coefficient (Wildman–Crippen LogP) is 1.97. The number of furan rings is 1. The van der Waals surface area contributed by atoms with Gasteiger partial charge >= 0.3 is 5.97 Å². The van der Waals surface area contributed by atoms with Gasteiger partial charge in [0.25, 0.3) is 0 Å². The molecule has 0 aliphatic carbocycles. The molecule has 1 rings (SSSR count). The Morgan fingerprint density at radius 2 is 2.24 bits per heavy atom. The molecule has 1 amide bonds. The van der Waals surface area contributed by atoms with E-state index >= 15 is 0 Å². The van der Waals surface area contributed by atoms with Crippen LogP contribution in [-0.2, 0) is 20.8 Å². The highest BCUT2D eigenvalue weighted by molar-refractivity contribution is 5.90. The average molecular weight is 295 g/mol. The van der Waals surface area contributed by atoms with E-state index in [0.717, 1.165) is 0 Å². The number of hydrogen-bond donors (Lipinski definition) is 1. The van der Waals surface area contributed by atoms with Gasteiger partial charge in [-0.15, -0.1) is 6.58 Å². The highest BCUT2D eigenvalue weighted by atomic mass is 16.5. The molecule has 116 valence electrons. The first-order valence-electron chi connectivity index (χ1n) is 6.67. The highest BCUT2D eigenvalue weighted by Crippen LogP contribution is 2.15. The van der Waals surface area contributed by atoms with Gasteiger partial charge in [0, 0.05) is 0 Å². The van der Waals surface area contributed by atoms with Crippen molar-refractivity contribution in [3.05, 3.63) is 35.8 Å². The van der Waals surface area contributed by atoms with Crippen molar-refractivity contribution >= 4 is 11.9 Å². The lowest BCUT2D eigenvalue weighted by atomic mass is 10.2. The molecule has 0 fully saturated rings. The fraction of sp³-hybridized carbons (Fsp3) is 0.467. The lowest BCUT2D eigenvalue weighted by molar-refractivity contribution is -0.131. The van der Waals surface area contributed by atoms with Gasteiger partial charge in [0.2, 0.25) is 5.91 Å². The van der Waals surface area contributed by atoms with E-state index in [0.29, 0.717) is 30.1 Å². The summed E-state index contributed by atoms with van der Waals surface area (Å²) in [6, 6.07) is 1.56. The Labute approximate surface area is 124 Å². The summed E-state index contributed by atoms with van der Waals surface area (Å²) in [6.45, 7) is 7.55. The van der Waals surface area contributed by atoms with Crippen molar-refractivity contribution in [2.24, 2.45) is 0 Å². The molecule has 21 heavy (non-hydrogen) atoms. The molecule has 0 saturated heterocycles. The maximum absolute atomic E-state index is 11.8. The summed E-state index contributed by atoms with van der Waals surface area (Å²) in [5, 5.41) is 2.69. The van der Waals surface area contributed by atoms with Crippen LogP contribution in [0.25, 0.3) is 0 Å². The van der Waals surface area contributed by atoms with E-state index in [1.54, 1.807) is 26.0 Å². The van der Waals surface area contributed by atoms with E-state index in [4.69, 9.17) is 9.15 Å². The van der Waals surface area contributed by atoms with E-state index in [1.165, 1.54) is 7.11 Å². The molecule has 0 radical (unpaired) electrons. The molecule has 1 atom stereocenters. The number of carbonyl (C=O) groups is 2. The van der Waals surface area contributed by atoms with Crippen molar-refractivity contribution in [2.75, 3.05) is 13.7 Å². The minimum atomic E-state index is -0.555. The Morgan fingerprint density at radius 3 is 2.86 bits per heavy atom. The van der Waals surface area contributed by atoms with E-state index < -0.39 is 12.1 Å². The Kier molecular flexibility index (Phi) is 6.68. The zero-order chi connectivity index (χ0) is 15.8. The van der Waals surface area contributed by atoms with Crippen LogP contribution in [0, 0.1) is 6.92 Å². The minimum absolute atomic E-state index is 0.186. The molecule has 1 aromatic rings. The monoisotopic (exact) mass is 295 g/mol. The summed E-state index contributed by atoms with van der Waals surface area (Å²) in [6.07, 6.45) is 1.86. The number of rotatable bonds is 8. The van der Waals surface area contributed by atoms with Crippen LogP contribution in [0.5, 0.6) is 0 Å². The zero-order valence-corrected chi connectivity index (χ0v) is 12.6. The summed E-state index contributed by atoms with van der Waals surface area (Å²) in [4.78, 5) is 23.2. The third-order valence-corrected chi connectivity index (χ3v) is 2.87. The second-order valence-electron chi connectivity index (χ2n) is 4.48. The van der Waals surface area contributed by atoms with Gasteiger partial charge in [-0.25, -0.2) is 4.79 Å². The molecule has 0 spiro atoms. The average Bonchev–Trinajstić information content (AvgIpc) is 2.85. The van der Waals surface area contributed by atoms with Crippen LogP contribution in [0.3, 0.4) is 0 Å². The maximum Gasteiger partial charge on any atom is 0.341 e. The van der Waals surface area contributed by atoms with Crippen molar-refractivity contribution in [3.63, 3.8) is 0 Å². The third kappa shape index (κ3) is 5.07. The first-order chi connectivity index (χ1) is 9.99. The smallest absolute Gasteiger partial charge is 0.341 e. The number of carbonyl (C=O) groups excluding carboxylic acids is 2. The molecule has 0 saturated carbocycles. The summed E-state index contributed by atoms with van der Waals surface area (Å²) < 4.78 is 15.4. The molecule has 1 unspecified atom stereocenters. The normalized spacial score (nSPS) is 11.8. The van der Waals surface area contributed by atoms with Crippen LogP contribution in [0.2, 0.25) is 0 Å². The van der Waals surface area contributed by atoms with Crippen LogP contribution in [0.15, 0.2) is 23.1 Å². The maximum atomic E-state index is 11.8. The van der Waals surface area contributed by atoms with Gasteiger partial charge in [-0.2, -0.15) is 0 Å². The number of hydrogen-bond acceptors (Lipinski definition) is 5. The molecule has 1 aromatic heterocycles. The van der Waals surface area contributed by atoms with E-state index in [9.17, 15) is 9.59 Å². The van der Waals surface area contributed by atoms with Crippen LogP contribution in [0.1, 0.15) is 35.2 Å². The van der Waals surface area contributed by atoms with Crippen molar-refractivity contribution in [1.29, 1.82) is 0 Å². The quantitative estimate of drug-likeness (QED) is 0.451. The van der Waals surface area contributed by atoms with Gasteiger partial charge in [0.15, 0.2) is 0 Å². The van der Waals surface area contributed by atoms with Crippen LogP contribution < -0.4 is 5.32 Å². The first-order valence-corrected chi connectivity index (χ1v) is 6.67. The van der Waals surface area contributed by atoms with Gasteiger partial charge in [0.05, 0.1) is 20.3 Å². The number of esters is 1. The van der Waals surface area contributed by atoms with Gasteiger partial charge < -0.3 is 19.2 Å². The first kappa shape index (κ1) is 17.0. The van der Waals surface area contributed by atoms with Crippen LogP contribution in [0.4, 0.5) is 0 Å². The number of methoxy groups -OCH3 is 1. The van der Waals surface area contributed by atoms with Gasteiger partial charge in [0.1, 0.15) is 23.2 Å². The summed E-state index contributed by atoms with van der Waals surface area (Å²) >= 11 is 0. The number of amides is 1. The molecule has 0 aromatic carbocycles. The zero-order valence-electron chi connectivity index (χ0n) is 12.6. The molecule has 0 bridgehead atoms. The van der Waals surface area contributed by atoms with Gasteiger partial charge in [-0.1, -0.05) is 6.08 Å². The molecule has 0 aliphatic heterocycles. The third-order valence-electron chi connectivity index (χ3n) is 2.87. The molecule has 6 nitrogen and oxygen atoms in total. The Hall–Kier alpha value is -2.08. The Balaban J connectivity index is 2.49. The second kappa shape index (κ2) is 8.26. The largest absolute Gasteiger partial charge is 0.465 e. The predicted molar refractivity (Wildman–Crippen MR) is 76.9 cm³/mol. The number of nitrogens with one attached hydrogen (secondary N) is 1. The molecule has 6 heteroatoms. The number of aryl methyl sites for hydroxylation is 1. The van der Waals surface area contributed by atoms with Crippen LogP contribution >= 0.6 is 0 Å². The molecule has 0 aliphatic rings. The molecular weight excluding hydrogens is 274 g/mol. The minimum Gasteiger partial charge on any atom is -0.465 e. The SMILES string of the molecule is C=CCCOC(C)C(=O)NCc1cc(C(=O)OC)c(C)o1. The van der Waals surface area contributed by atoms with E-state index in [-0.39, 0.29) is 12.5 Å². The number of ether oxygens (including phenoxy) is 2. The second-order valence-corrected chi connectivity index (χ2v) is 4.48. The van der Waals surface area contributed by atoms with Crippen molar-refractivity contribution in [3.8, 4) is 0 Å². The Bertz CT molecular complexity index is 506. The standard InChI is InChI=1S/C15H21NO5/c1-5-6-7-20-11(3)14(17)16-9-12-8-13(10(2)21-12)15(18)19-4/h5,8,11H,1,6-7,9H2,2-4H3,(H,16,17). The summed E-state index contributed by atoms with van der Waals surface area (Å²) in [7, 11) is 1.30. The fourth-order valence-electron chi connectivity index (χ4n) is 1.67. The molecule has 1 heterocycles. The van der Waals surface area contributed by atoms with E-state index in [2.05, 4.69) is 16.6 Å². The van der Waals surface area contributed by atoms with Crippen molar-refractivity contribution in [2.45, 2.75) is 32.9 Å². The topological polar surface area (TPSA) is 77.8 Å². The highest BCUT2D eigenvalue weighted by Gasteiger charge is 2.17. The summed E-state index contributed by atoms with van der Waals surface area (Å²) in [5.41, 5.74) is 0.358. The Morgan fingerprint density at radius 1 is 1.52 bits per heavy atom. The molecular formula is C15H21NO5. The van der Waals surface area contributed by atoms with Gasteiger partial charge in [-0.3, -0.25) is 4.79 Å².